The van der Waals surface area contributed by atoms with Gasteiger partial charge in [-0.15, -0.1) is 4.37 Å². The van der Waals surface area contributed by atoms with Crippen molar-refractivity contribution in [1.29, 1.82) is 0 Å². The topological polar surface area (TPSA) is 55.3 Å². The molecular weight excluding hydrogens is 343 g/mol. The van der Waals surface area contributed by atoms with E-state index in [-0.39, 0.29) is 18.4 Å². The van der Waals surface area contributed by atoms with Crippen LogP contribution in [-0.4, -0.2) is 38.7 Å². The third-order valence-corrected chi connectivity index (χ3v) is 4.20. The SMILES string of the molecule is O=C(Cc1cccc(C(F)(F)F)c1)N1CCC(Oc2cnsn2)C1. The highest BCUT2D eigenvalue weighted by molar-refractivity contribution is 6.99. The van der Waals surface area contributed by atoms with Crippen LogP contribution in [0.1, 0.15) is 17.5 Å². The molecule has 1 saturated heterocycles. The van der Waals surface area contributed by atoms with Crippen molar-refractivity contribution < 1.29 is 22.7 Å². The molecule has 0 radical (unpaired) electrons. The van der Waals surface area contributed by atoms with E-state index in [1.54, 1.807) is 4.90 Å². The molecule has 1 aliphatic rings. The van der Waals surface area contributed by atoms with Crippen molar-refractivity contribution in [3.63, 3.8) is 0 Å². The zero-order valence-electron chi connectivity index (χ0n) is 12.5. The van der Waals surface area contributed by atoms with E-state index in [9.17, 15) is 18.0 Å². The molecule has 1 amide bonds. The van der Waals surface area contributed by atoms with Gasteiger partial charge < -0.3 is 9.64 Å². The van der Waals surface area contributed by atoms with Gasteiger partial charge in [-0.1, -0.05) is 18.2 Å². The maximum Gasteiger partial charge on any atom is 0.416 e. The number of halogens is 3. The van der Waals surface area contributed by atoms with Crippen LogP contribution >= 0.6 is 11.7 Å². The Labute approximate surface area is 140 Å². The number of likely N-dealkylation sites (tertiary alicyclic amines) is 1. The van der Waals surface area contributed by atoms with Crippen molar-refractivity contribution in [2.24, 2.45) is 0 Å². The molecule has 3 rings (SSSR count). The molecule has 0 spiro atoms. The number of carbonyl (C=O) groups excluding carboxylic acids is 1. The Morgan fingerprint density at radius 2 is 2.25 bits per heavy atom. The van der Waals surface area contributed by atoms with Gasteiger partial charge in [-0.05, 0) is 11.6 Å². The first-order valence-electron chi connectivity index (χ1n) is 7.30. The summed E-state index contributed by atoms with van der Waals surface area (Å²) in [6.07, 6.45) is -2.47. The zero-order chi connectivity index (χ0) is 17.2. The molecule has 1 fully saturated rings. The quantitative estimate of drug-likeness (QED) is 0.844. The lowest BCUT2D eigenvalue weighted by molar-refractivity contribution is -0.138. The van der Waals surface area contributed by atoms with Gasteiger partial charge in [0.05, 0.1) is 30.3 Å². The number of amides is 1. The van der Waals surface area contributed by atoms with Gasteiger partial charge in [0, 0.05) is 13.0 Å². The summed E-state index contributed by atoms with van der Waals surface area (Å²) < 4.78 is 51.5. The molecule has 0 bridgehead atoms. The Hall–Kier alpha value is -2.16. The summed E-state index contributed by atoms with van der Waals surface area (Å²) in [7, 11) is 0. The van der Waals surface area contributed by atoms with E-state index in [1.165, 1.54) is 18.3 Å². The largest absolute Gasteiger partial charge is 0.471 e. The van der Waals surface area contributed by atoms with Crippen molar-refractivity contribution in [3.8, 4) is 5.88 Å². The van der Waals surface area contributed by atoms with Crippen molar-refractivity contribution in [2.75, 3.05) is 13.1 Å². The van der Waals surface area contributed by atoms with Gasteiger partial charge in [-0.25, -0.2) is 0 Å². The summed E-state index contributed by atoms with van der Waals surface area (Å²) in [6.45, 7) is 0.912. The summed E-state index contributed by atoms with van der Waals surface area (Å²) in [6, 6.07) is 4.85. The first-order valence-corrected chi connectivity index (χ1v) is 8.03. The second-order valence-corrected chi connectivity index (χ2v) is 6.05. The molecule has 0 N–H and O–H groups in total. The molecule has 9 heteroatoms. The third-order valence-electron chi connectivity index (χ3n) is 3.74. The fourth-order valence-corrected chi connectivity index (χ4v) is 2.93. The monoisotopic (exact) mass is 357 g/mol. The Bertz CT molecular complexity index is 706. The van der Waals surface area contributed by atoms with Crippen LogP contribution < -0.4 is 4.74 Å². The van der Waals surface area contributed by atoms with Gasteiger partial charge in [0.25, 0.3) is 0 Å². The van der Waals surface area contributed by atoms with Crippen LogP contribution in [0.3, 0.4) is 0 Å². The average molecular weight is 357 g/mol. The van der Waals surface area contributed by atoms with Gasteiger partial charge in [-0.2, -0.15) is 17.5 Å². The van der Waals surface area contributed by atoms with Crippen LogP contribution in [0.2, 0.25) is 0 Å². The standard InChI is InChI=1S/C15H14F3N3O2S/c16-15(17,18)11-3-1-2-10(6-11)7-14(22)21-5-4-12(9-21)23-13-8-19-24-20-13/h1-3,6,8,12H,4-5,7,9H2. The number of ether oxygens (including phenoxy) is 1. The van der Waals surface area contributed by atoms with Crippen LogP contribution in [0, 0.1) is 0 Å². The molecule has 1 atom stereocenters. The van der Waals surface area contributed by atoms with E-state index < -0.39 is 11.7 Å². The molecule has 2 heterocycles. The van der Waals surface area contributed by atoms with Crippen molar-refractivity contribution >= 4 is 17.6 Å². The second-order valence-electron chi connectivity index (χ2n) is 5.49. The van der Waals surface area contributed by atoms with E-state index in [0.717, 1.165) is 23.9 Å². The molecule has 24 heavy (non-hydrogen) atoms. The molecule has 5 nitrogen and oxygen atoms in total. The van der Waals surface area contributed by atoms with Gasteiger partial charge in [0.1, 0.15) is 12.3 Å². The Morgan fingerprint density at radius 3 is 2.96 bits per heavy atom. The van der Waals surface area contributed by atoms with Crippen LogP contribution in [0.4, 0.5) is 13.2 Å². The number of aromatic nitrogens is 2. The van der Waals surface area contributed by atoms with E-state index in [2.05, 4.69) is 8.75 Å². The van der Waals surface area contributed by atoms with Crippen molar-refractivity contribution in [1.82, 2.24) is 13.6 Å². The number of alkyl halides is 3. The molecule has 0 aliphatic carbocycles. The number of hydrogen-bond acceptors (Lipinski definition) is 5. The second kappa shape index (κ2) is 6.76. The van der Waals surface area contributed by atoms with Crippen LogP contribution in [0.15, 0.2) is 30.5 Å². The number of nitrogens with zero attached hydrogens (tertiary/aromatic N) is 3. The van der Waals surface area contributed by atoms with Crippen LogP contribution in [0.25, 0.3) is 0 Å². The number of hydrogen-bond donors (Lipinski definition) is 0. The van der Waals surface area contributed by atoms with Crippen LogP contribution in [0.5, 0.6) is 5.88 Å². The van der Waals surface area contributed by atoms with Gasteiger partial charge in [-0.3, -0.25) is 4.79 Å². The van der Waals surface area contributed by atoms with E-state index in [1.807, 2.05) is 0 Å². The Balaban J connectivity index is 1.58. The highest BCUT2D eigenvalue weighted by Crippen LogP contribution is 2.29. The molecule has 1 aromatic heterocycles. The number of carbonyl (C=O) groups is 1. The first kappa shape index (κ1) is 16.7. The summed E-state index contributed by atoms with van der Waals surface area (Å²) in [5, 5.41) is 0. The smallest absolute Gasteiger partial charge is 0.416 e. The maximum absolute atomic E-state index is 12.7. The highest BCUT2D eigenvalue weighted by Gasteiger charge is 2.31. The van der Waals surface area contributed by atoms with E-state index in [4.69, 9.17) is 4.74 Å². The van der Waals surface area contributed by atoms with Crippen molar-refractivity contribution in [2.45, 2.75) is 25.1 Å². The number of rotatable bonds is 4. The predicted molar refractivity (Wildman–Crippen MR) is 80.7 cm³/mol. The zero-order valence-corrected chi connectivity index (χ0v) is 13.3. The Kier molecular flexibility index (Phi) is 4.70. The molecule has 1 unspecified atom stereocenters. The summed E-state index contributed by atoms with van der Waals surface area (Å²) in [5.41, 5.74) is -0.394. The first-order chi connectivity index (χ1) is 11.4. The summed E-state index contributed by atoms with van der Waals surface area (Å²) in [4.78, 5) is 13.9. The number of benzene rings is 1. The highest BCUT2D eigenvalue weighted by atomic mass is 32.1. The van der Waals surface area contributed by atoms with E-state index in [0.29, 0.717) is 31.0 Å². The lowest BCUT2D eigenvalue weighted by Crippen LogP contribution is -2.32. The average Bonchev–Trinajstić information content (AvgIpc) is 3.19. The minimum absolute atomic E-state index is 0.0606. The van der Waals surface area contributed by atoms with Gasteiger partial charge in [0.2, 0.25) is 11.8 Å². The van der Waals surface area contributed by atoms with E-state index >= 15 is 0 Å². The molecule has 1 aliphatic heterocycles. The van der Waals surface area contributed by atoms with Crippen LogP contribution in [-0.2, 0) is 17.4 Å². The van der Waals surface area contributed by atoms with Gasteiger partial charge in [0.15, 0.2) is 0 Å². The fraction of sp³-hybridized carbons (Fsp3) is 0.400. The maximum atomic E-state index is 12.7. The molecule has 2 aromatic rings. The normalized spacial score (nSPS) is 18.0. The molecule has 1 aromatic carbocycles. The van der Waals surface area contributed by atoms with Gasteiger partial charge >= 0.3 is 6.18 Å². The molecular formula is C15H14F3N3O2S. The summed E-state index contributed by atoms with van der Waals surface area (Å²) >= 11 is 1.04. The molecule has 0 saturated carbocycles. The lowest BCUT2D eigenvalue weighted by Gasteiger charge is -2.17. The summed E-state index contributed by atoms with van der Waals surface area (Å²) in [5.74, 6) is 0.217. The van der Waals surface area contributed by atoms with Crippen molar-refractivity contribution in [3.05, 3.63) is 41.6 Å². The molecule has 128 valence electrons. The third kappa shape index (κ3) is 4.02. The predicted octanol–water partition coefficient (Wildman–Crippen LogP) is 2.78. The fourth-order valence-electron chi connectivity index (χ4n) is 2.57. The minimum Gasteiger partial charge on any atom is -0.471 e. The lowest BCUT2D eigenvalue weighted by atomic mass is 10.1. The minimum atomic E-state index is -4.41. The Morgan fingerprint density at radius 1 is 1.42 bits per heavy atom.